The standard InChI is InChI=1S/C20H19N5O2S/c1-21-18(26)13-11-25(14-6-3-2-4-7-14)20(28-12-13)24-19(27)16-10-23-17-15(16)8-5-9-22-17/h2-10,13H,11-12H2,1H3,(H,21,26)(H,22,23). The van der Waals surface area contributed by atoms with E-state index in [4.69, 9.17) is 0 Å². The van der Waals surface area contributed by atoms with Gasteiger partial charge in [-0.2, -0.15) is 4.99 Å². The number of carbonyl (C=O) groups is 2. The van der Waals surface area contributed by atoms with Gasteiger partial charge in [0.25, 0.3) is 5.91 Å². The Labute approximate surface area is 166 Å². The number of thioether (sulfide) groups is 1. The molecule has 0 radical (unpaired) electrons. The molecular formula is C20H19N5O2S. The molecule has 3 heterocycles. The number of H-pyrrole nitrogens is 1. The number of carbonyl (C=O) groups excluding carboxylic acids is 2. The lowest BCUT2D eigenvalue weighted by Crippen LogP contribution is -2.45. The van der Waals surface area contributed by atoms with Gasteiger partial charge in [0.2, 0.25) is 5.91 Å². The number of benzene rings is 1. The molecule has 142 valence electrons. The SMILES string of the molecule is CNC(=O)C1CSC(=NC(=O)c2c[nH]c3ncccc23)N(c2ccccc2)C1. The number of para-hydroxylation sites is 1. The summed E-state index contributed by atoms with van der Waals surface area (Å²) in [5.74, 6) is 0.0500. The highest BCUT2D eigenvalue weighted by Crippen LogP contribution is 2.28. The van der Waals surface area contributed by atoms with Gasteiger partial charge in [-0.1, -0.05) is 30.0 Å². The number of hydrogen-bond donors (Lipinski definition) is 2. The van der Waals surface area contributed by atoms with Gasteiger partial charge in [-0.05, 0) is 24.3 Å². The molecule has 2 amide bonds. The molecule has 1 aromatic carbocycles. The quantitative estimate of drug-likeness (QED) is 0.714. The summed E-state index contributed by atoms with van der Waals surface area (Å²) in [6.07, 6.45) is 3.31. The Morgan fingerprint density at radius 2 is 2.07 bits per heavy atom. The smallest absolute Gasteiger partial charge is 0.281 e. The van der Waals surface area contributed by atoms with E-state index in [1.54, 1.807) is 25.5 Å². The number of anilines is 1. The predicted octanol–water partition coefficient (Wildman–Crippen LogP) is 2.67. The second-order valence-corrected chi connectivity index (χ2v) is 7.36. The second-order valence-electron chi connectivity index (χ2n) is 6.37. The molecule has 2 N–H and O–H groups in total. The minimum atomic E-state index is -0.332. The van der Waals surface area contributed by atoms with E-state index in [0.29, 0.717) is 28.7 Å². The molecule has 0 saturated carbocycles. The maximum absolute atomic E-state index is 12.9. The first-order chi connectivity index (χ1) is 13.7. The third-order valence-electron chi connectivity index (χ3n) is 4.61. The average molecular weight is 393 g/mol. The van der Waals surface area contributed by atoms with Gasteiger partial charge in [0.15, 0.2) is 5.17 Å². The van der Waals surface area contributed by atoms with Crippen molar-refractivity contribution in [3.8, 4) is 0 Å². The van der Waals surface area contributed by atoms with Crippen LogP contribution in [-0.4, -0.2) is 46.3 Å². The lowest BCUT2D eigenvalue weighted by atomic mass is 10.1. The Bertz CT molecular complexity index is 1050. The van der Waals surface area contributed by atoms with E-state index in [1.807, 2.05) is 41.3 Å². The second kappa shape index (κ2) is 7.85. The Morgan fingerprint density at radius 1 is 1.25 bits per heavy atom. The molecule has 1 unspecified atom stereocenters. The minimum absolute atomic E-state index is 0.0125. The Kier molecular flexibility index (Phi) is 5.12. The van der Waals surface area contributed by atoms with Crippen LogP contribution in [0, 0.1) is 5.92 Å². The van der Waals surface area contributed by atoms with Crippen LogP contribution in [0.1, 0.15) is 10.4 Å². The number of fused-ring (bicyclic) bond motifs is 1. The van der Waals surface area contributed by atoms with Gasteiger partial charge in [0, 0.05) is 42.8 Å². The van der Waals surface area contributed by atoms with E-state index in [1.165, 1.54) is 11.8 Å². The largest absolute Gasteiger partial charge is 0.359 e. The first-order valence-electron chi connectivity index (χ1n) is 8.89. The number of amides is 2. The van der Waals surface area contributed by atoms with Gasteiger partial charge in [-0.15, -0.1) is 0 Å². The van der Waals surface area contributed by atoms with Crippen molar-refractivity contribution in [2.45, 2.75) is 0 Å². The molecule has 2 aromatic heterocycles. The topological polar surface area (TPSA) is 90.4 Å². The fourth-order valence-corrected chi connectivity index (χ4v) is 4.25. The van der Waals surface area contributed by atoms with Crippen molar-refractivity contribution in [1.82, 2.24) is 15.3 Å². The molecule has 1 saturated heterocycles. The number of hydrogen-bond acceptors (Lipinski definition) is 4. The lowest BCUT2D eigenvalue weighted by molar-refractivity contribution is -0.123. The molecule has 28 heavy (non-hydrogen) atoms. The number of rotatable bonds is 3. The summed E-state index contributed by atoms with van der Waals surface area (Å²) < 4.78 is 0. The zero-order valence-electron chi connectivity index (χ0n) is 15.3. The molecular weight excluding hydrogens is 374 g/mol. The molecule has 3 aromatic rings. The Morgan fingerprint density at radius 3 is 2.86 bits per heavy atom. The molecule has 0 aliphatic carbocycles. The van der Waals surface area contributed by atoms with Crippen LogP contribution in [0.5, 0.6) is 0 Å². The zero-order valence-corrected chi connectivity index (χ0v) is 16.1. The van der Waals surface area contributed by atoms with Gasteiger partial charge in [-0.25, -0.2) is 4.98 Å². The maximum Gasteiger partial charge on any atom is 0.281 e. The lowest BCUT2D eigenvalue weighted by Gasteiger charge is -2.33. The van der Waals surface area contributed by atoms with Crippen molar-refractivity contribution < 1.29 is 9.59 Å². The predicted molar refractivity (Wildman–Crippen MR) is 112 cm³/mol. The average Bonchev–Trinajstić information content (AvgIpc) is 3.18. The van der Waals surface area contributed by atoms with Crippen LogP contribution >= 0.6 is 11.8 Å². The fourth-order valence-electron chi connectivity index (χ4n) is 3.16. The van der Waals surface area contributed by atoms with Gasteiger partial charge >= 0.3 is 0 Å². The number of pyridine rings is 1. The molecule has 0 spiro atoms. The summed E-state index contributed by atoms with van der Waals surface area (Å²) in [4.78, 5) is 38.6. The Hall–Kier alpha value is -3.13. The molecule has 0 bridgehead atoms. The van der Waals surface area contributed by atoms with E-state index >= 15 is 0 Å². The van der Waals surface area contributed by atoms with Crippen molar-refractivity contribution >= 4 is 45.5 Å². The van der Waals surface area contributed by atoms with Gasteiger partial charge in [0.05, 0.1) is 11.5 Å². The fraction of sp³-hybridized carbons (Fsp3) is 0.200. The van der Waals surface area contributed by atoms with E-state index in [9.17, 15) is 9.59 Å². The Balaban J connectivity index is 1.68. The number of aromatic amines is 1. The number of aromatic nitrogens is 2. The van der Waals surface area contributed by atoms with Crippen LogP contribution in [0.25, 0.3) is 11.0 Å². The molecule has 1 aliphatic rings. The highest BCUT2D eigenvalue weighted by molar-refractivity contribution is 8.14. The normalized spacial score (nSPS) is 18.4. The number of nitrogens with one attached hydrogen (secondary N) is 2. The van der Waals surface area contributed by atoms with Crippen LogP contribution in [0.15, 0.2) is 59.9 Å². The van der Waals surface area contributed by atoms with E-state index in [2.05, 4.69) is 20.3 Å². The number of amidine groups is 1. The summed E-state index contributed by atoms with van der Waals surface area (Å²) in [6.45, 7) is 0.470. The molecule has 1 aliphatic heterocycles. The van der Waals surface area contributed by atoms with Crippen LogP contribution in [0.3, 0.4) is 0 Å². The summed E-state index contributed by atoms with van der Waals surface area (Å²) in [7, 11) is 1.64. The highest BCUT2D eigenvalue weighted by atomic mass is 32.2. The third kappa shape index (κ3) is 3.50. The van der Waals surface area contributed by atoms with Crippen molar-refractivity contribution in [3.63, 3.8) is 0 Å². The van der Waals surface area contributed by atoms with Crippen molar-refractivity contribution in [2.75, 3.05) is 24.2 Å². The van der Waals surface area contributed by atoms with Gasteiger partial charge in [0.1, 0.15) is 5.65 Å². The van der Waals surface area contributed by atoms with Crippen molar-refractivity contribution in [2.24, 2.45) is 10.9 Å². The maximum atomic E-state index is 12.9. The summed E-state index contributed by atoms with van der Waals surface area (Å²) in [6, 6.07) is 13.3. The van der Waals surface area contributed by atoms with E-state index < -0.39 is 0 Å². The molecule has 7 nitrogen and oxygen atoms in total. The molecule has 8 heteroatoms. The van der Waals surface area contributed by atoms with Crippen molar-refractivity contribution in [1.29, 1.82) is 0 Å². The molecule has 1 fully saturated rings. The number of aliphatic imine (C=N–C) groups is 1. The van der Waals surface area contributed by atoms with Crippen molar-refractivity contribution in [3.05, 3.63) is 60.4 Å². The monoisotopic (exact) mass is 393 g/mol. The molecule has 4 rings (SSSR count). The zero-order chi connectivity index (χ0) is 19.5. The van der Waals surface area contributed by atoms with Crippen LogP contribution < -0.4 is 10.2 Å². The van der Waals surface area contributed by atoms with E-state index in [0.717, 1.165) is 11.1 Å². The minimum Gasteiger partial charge on any atom is -0.359 e. The third-order valence-corrected chi connectivity index (χ3v) is 5.75. The van der Waals surface area contributed by atoms with Crippen LogP contribution in [0.4, 0.5) is 5.69 Å². The van der Waals surface area contributed by atoms with Crippen LogP contribution in [0.2, 0.25) is 0 Å². The summed E-state index contributed by atoms with van der Waals surface area (Å²) >= 11 is 1.42. The van der Waals surface area contributed by atoms with E-state index in [-0.39, 0.29) is 17.7 Å². The first kappa shape index (κ1) is 18.2. The summed E-state index contributed by atoms with van der Waals surface area (Å²) in [5.41, 5.74) is 2.04. The van der Waals surface area contributed by atoms with Gasteiger partial charge < -0.3 is 15.2 Å². The number of nitrogens with zero attached hydrogens (tertiary/aromatic N) is 3. The highest BCUT2D eigenvalue weighted by Gasteiger charge is 2.31. The van der Waals surface area contributed by atoms with Gasteiger partial charge in [-0.3, -0.25) is 9.59 Å². The molecule has 1 atom stereocenters. The summed E-state index contributed by atoms with van der Waals surface area (Å²) in [5, 5.41) is 4.04. The first-order valence-corrected chi connectivity index (χ1v) is 9.88. The van der Waals surface area contributed by atoms with Crippen LogP contribution in [-0.2, 0) is 4.79 Å².